The molecule has 1 aliphatic carbocycles. The molecule has 11 heteroatoms. The van der Waals surface area contributed by atoms with Crippen LogP contribution < -0.4 is 5.32 Å². The second kappa shape index (κ2) is 7.59. The number of carbonyl (C=O) groups excluding carboxylic acids is 4. The van der Waals surface area contributed by atoms with Gasteiger partial charge in [0.05, 0.1) is 30.6 Å². The molecule has 1 aromatic heterocycles. The Morgan fingerprint density at radius 3 is 2.85 bits per heavy atom. The molecule has 0 radical (unpaired) electrons. The Morgan fingerprint density at radius 2 is 2.06 bits per heavy atom. The van der Waals surface area contributed by atoms with E-state index < -0.39 is 11.9 Å². The van der Waals surface area contributed by atoms with Crippen LogP contribution in [0.3, 0.4) is 0 Å². The molecule has 11 nitrogen and oxygen atoms in total. The second-order valence-corrected chi connectivity index (χ2v) is 9.10. The van der Waals surface area contributed by atoms with Crippen molar-refractivity contribution < 1.29 is 24.3 Å². The van der Waals surface area contributed by atoms with Gasteiger partial charge in [-0.15, -0.1) is 5.10 Å². The molecule has 4 aliphatic rings. The minimum Gasteiger partial charge on any atom is -0.394 e. The van der Waals surface area contributed by atoms with Crippen LogP contribution in [0.15, 0.2) is 36.5 Å². The molecule has 2 aromatic rings. The Kier molecular flexibility index (Phi) is 4.63. The molecule has 2 N–H and O–H groups in total. The molecule has 0 spiro atoms. The van der Waals surface area contributed by atoms with Gasteiger partial charge in [0.15, 0.2) is 5.69 Å². The summed E-state index contributed by atoms with van der Waals surface area (Å²) >= 11 is 0. The van der Waals surface area contributed by atoms with E-state index in [-0.39, 0.29) is 61.0 Å². The minimum atomic E-state index is -0.680. The number of piperidine rings is 1. The number of amides is 4. The highest BCUT2D eigenvalue weighted by atomic mass is 16.3. The van der Waals surface area contributed by atoms with Gasteiger partial charge in [-0.3, -0.25) is 24.5 Å². The molecular formula is C23H22N6O5. The molecule has 2 saturated heterocycles. The van der Waals surface area contributed by atoms with Gasteiger partial charge in [-0.25, -0.2) is 4.68 Å². The normalized spacial score (nSPS) is 27.5. The average Bonchev–Trinajstić information content (AvgIpc) is 3.62. The zero-order valence-corrected chi connectivity index (χ0v) is 18.1. The number of aliphatic hydroxyl groups excluding tert-OH is 1. The minimum absolute atomic E-state index is 0.0457. The summed E-state index contributed by atoms with van der Waals surface area (Å²) in [6.45, 7) is 0.178. The Morgan fingerprint density at radius 1 is 1.21 bits per heavy atom. The van der Waals surface area contributed by atoms with Crippen molar-refractivity contribution in [3.63, 3.8) is 0 Å². The van der Waals surface area contributed by atoms with Crippen molar-refractivity contribution in [2.45, 2.75) is 43.9 Å². The van der Waals surface area contributed by atoms with Crippen molar-refractivity contribution >= 4 is 23.6 Å². The summed E-state index contributed by atoms with van der Waals surface area (Å²) in [5.74, 6) is -1.20. The van der Waals surface area contributed by atoms with Crippen LogP contribution in [0, 0.1) is 5.92 Å². The summed E-state index contributed by atoms with van der Waals surface area (Å²) < 4.78 is 1.44. The van der Waals surface area contributed by atoms with Gasteiger partial charge in [0, 0.05) is 24.4 Å². The smallest absolute Gasteiger partial charge is 0.276 e. The lowest BCUT2D eigenvalue weighted by molar-refractivity contribution is -0.136. The van der Waals surface area contributed by atoms with E-state index in [0.717, 1.165) is 12.0 Å². The number of rotatable bonds is 4. The van der Waals surface area contributed by atoms with Crippen molar-refractivity contribution in [2.24, 2.45) is 5.92 Å². The number of aliphatic hydroxyl groups is 1. The standard InChI is InChI=1S/C23H22N6O5/c30-11-19-12-1-4-15(7-12)29(19)23(34)17-10-28(26-25-17)14-3-2-13-9-27(22(33)16(13)8-14)18-5-6-20(31)24-21(18)32/h1-4,8,10,12,15,18-19,30H,5-7,9,11H2,(H,24,31,32). The summed E-state index contributed by atoms with van der Waals surface area (Å²) in [7, 11) is 0. The number of nitrogens with zero attached hydrogens (tertiary/aromatic N) is 5. The predicted octanol–water partition coefficient (Wildman–Crippen LogP) is -0.210. The van der Waals surface area contributed by atoms with Crippen molar-refractivity contribution in [3.8, 4) is 5.69 Å². The lowest BCUT2D eigenvalue weighted by atomic mass is 10.0. The predicted molar refractivity (Wildman–Crippen MR) is 115 cm³/mol. The molecule has 4 atom stereocenters. The SMILES string of the molecule is O=C1CCC(N2Cc3ccc(-n4cc(C(=O)N5C6C=CC(C6)C5CO)nn4)cc3C2=O)C(=O)N1. The highest BCUT2D eigenvalue weighted by Gasteiger charge is 2.45. The zero-order chi connectivity index (χ0) is 23.6. The molecule has 1 aromatic carbocycles. The van der Waals surface area contributed by atoms with Crippen LogP contribution in [0.2, 0.25) is 0 Å². The fourth-order valence-electron chi connectivity index (χ4n) is 5.48. The van der Waals surface area contributed by atoms with E-state index in [2.05, 4.69) is 15.6 Å². The molecule has 2 bridgehead atoms. The van der Waals surface area contributed by atoms with Gasteiger partial charge in [-0.05, 0) is 30.5 Å². The Labute approximate surface area is 194 Å². The Hall–Kier alpha value is -3.86. The summed E-state index contributed by atoms with van der Waals surface area (Å²) in [6, 6.07) is 4.26. The number of carbonyl (C=O) groups is 4. The van der Waals surface area contributed by atoms with Gasteiger partial charge < -0.3 is 14.9 Å². The first kappa shape index (κ1) is 20.7. The number of hydrogen-bond acceptors (Lipinski definition) is 7. The lowest BCUT2D eigenvalue weighted by Gasteiger charge is -2.30. The van der Waals surface area contributed by atoms with E-state index in [9.17, 15) is 24.3 Å². The van der Waals surface area contributed by atoms with Gasteiger partial charge in [0.2, 0.25) is 11.8 Å². The van der Waals surface area contributed by atoms with Crippen molar-refractivity contribution in [3.05, 3.63) is 53.4 Å². The molecule has 4 amide bonds. The maximum Gasteiger partial charge on any atom is 0.276 e. The monoisotopic (exact) mass is 462 g/mol. The van der Waals surface area contributed by atoms with Crippen LogP contribution in [0.4, 0.5) is 0 Å². The Bertz CT molecular complexity index is 1270. The molecular weight excluding hydrogens is 440 g/mol. The number of benzene rings is 1. The Balaban J connectivity index is 1.23. The van der Waals surface area contributed by atoms with Crippen LogP contribution in [-0.4, -0.2) is 78.3 Å². The largest absolute Gasteiger partial charge is 0.394 e. The van der Waals surface area contributed by atoms with E-state index in [4.69, 9.17) is 0 Å². The summed E-state index contributed by atoms with van der Waals surface area (Å²) in [6.07, 6.45) is 6.86. The highest BCUT2D eigenvalue weighted by molar-refractivity contribution is 6.05. The van der Waals surface area contributed by atoms with Gasteiger partial charge in [0.25, 0.3) is 11.8 Å². The third-order valence-corrected chi connectivity index (χ3v) is 7.21. The van der Waals surface area contributed by atoms with E-state index in [1.165, 1.54) is 15.8 Å². The number of likely N-dealkylation sites (tertiary alicyclic amines) is 1. The van der Waals surface area contributed by atoms with Gasteiger partial charge in [-0.2, -0.15) is 0 Å². The first-order chi connectivity index (χ1) is 16.4. The molecule has 2 fully saturated rings. The fourth-order valence-corrected chi connectivity index (χ4v) is 5.48. The fraction of sp³-hybridized carbons (Fsp3) is 0.391. The summed E-state index contributed by atoms with van der Waals surface area (Å²) in [5, 5.41) is 20.2. The topological polar surface area (TPSA) is 138 Å². The van der Waals surface area contributed by atoms with Crippen LogP contribution in [-0.2, 0) is 16.1 Å². The van der Waals surface area contributed by atoms with Crippen molar-refractivity contribution in [1.82, 2.24) is 30.1 Å². The van der Waals surface area contributed by atoms with Crippen LogP contribution in [0.1, 0.15) is 45.7 Å². The quantitative estimate of drug-likeness (QED) is 0.474. The molecule has 6 rings (SSSR count). The van der Waals surface area contributed by atoms with E-state index in [0.29, 0.717) is 17.7 Å². The number of aromatic nitrogens is 3. The number of imide groups is 1. The first-order valence-electron chi connectivity index (χ1n) is 11.3. The third kappa shape index (κ3) is 3.07. The maximum atomic E-state index is 13.1. The average molecular weight is 462 g/mol. The van der Waals surface area contributed by atoms with E-state index >= 15 is 0 Å². The molecule has 4 unspecified atom stereocenters. The van der Waals surface area contributed by atoms with Gasteiger partial charge in [-0.1, -0.05) is 23.4 Å². The van der Waals surface area contributed by atoms with Gasteiger partial charge in [0.1, 0.15) is 6.04 Å². The summed E-state index contributed by atoms with van der Waals surface area (Å²) in [5.41, 5.74) is 1.95. The maximum absolute atomic E-state index is 13.1. The number of hydrogen-bond donors (Lipinski definition) is 2. The number of fused-ring (bicyclic) bond motifs is 3. The second-order valence-electron chi connectivity index (χ2n) is 9.10. The van der Waals surface area contributed by atoms with Gasteiger partial charge >= 0.3 is 0 Å². The number of nitrogens with one attached hydrogen (secondary N) is 1. The lowest BCUT2D eigenvalue weighted by Crippen LogP contribution is -2.52. The van der Waals surface area contributed by atoms with Crippen LogP contribution in [0.5, 0.6) is 0 Å². The molecule has 174 valence electrons. The van der Waals surface area contributed by atoms with E-state index in [1.807, 2.05) is 12.2 Å². The highest BCUT2D eigenvalue weighted by Crippen LogP contribution is 2.38. The summed E-state index contributed by atoms with van der Waals surface area (Å²) in [4.78, 5) is 53.0. The van der Waals surface area contributed by atoms with Crippen LogP contribution >= 0.6 is 0 Å². The zero-order valence-electron chi connectivity index (χ0n) is 18.1. The van der Waals surface area contributed by atoms with E-state index in [1.54, 1.807) is 23.1 Å². The molecule has 3 aliphatic heterocycles. The first-order valence-corrected chi connectivity index (χ1v) is 11.3. The molecule has 34 heavy (non-hydrogen) atoms. The van der Waals surface area contributed by atoms with Crippen LogP contribution in [0.25, 0.3) is 5.69 Å². The third-order valence-electron chi connectivity index (χ3n) is 7.21. The molecule has 4 heterocycles. The van der Waals surface area contributed by atoms with Crippen molar-refractivity contribution in [2.75, 3.05) is 6.61 Å². The van der Waals surface area contributed by atoms with Crippen molar-refractivity contribution in [1.29, 1.82) is 0 Å². The molecule has 0 saturated carbocycles.